The van der Waals surface area contributed by atoms with E-state index in [1.165, 1.54) is 55.1 Å². The third-order valence-corrected chi connectivity index (χ3v) is 8.80. The fourth-order valence-corrected chi connectivity index (χ4v) is 7.13. The number of nitrogens with zero attached hydrogens (tertiary/aromatic N) is 5. The molecule has 0 radical (unpaired) electrons. The molecule has 0 aliphatic heterocycles. The Morgan fingerprint density at radius 1 is 0.585 bits per heavy atom. The third kappa shape index (κ3) is 2.68. The molecule has 0 N–H and O–H groups in total. The number of rotatable bonds is 1. The number of para-hydroxylation sites is 2. The predicted octanol–water partition coefficient (Wildman–Crippen LogP) is 8.25. The van der Waals surface area contributed by atoms with Crippen LogP contribution >= 0.6 is 0 Å². The maximum atomic E-state index is 5.14. The van der Waals surface area contributed by atoms with Crippen LogP contribution in [0.2, 0.25) is 0 Å². The van der Waals surface area contributed by atoms with Crippen LogP contribution in [0.4, 0.5) is 0 Å². The molecule has 5 heteroatoms. The predicted molar refractivity (Wildman–Crippen MR) is 166 cm³/mol. The summed E-state index contributed by atoms with van der Waals surface area (Å²) >= 11 is 0. The molecule has 0 atom stereocenters. The second-order valence-corrected chi connectivity index (χ2v) is 10.9. The van der Waals surface area contributed by atoms with Gasteiger partial charge in [-0.25, -0.2) is 9.97 Å². The normalized spacial score (nSPS) is 12.8. The first-order valence-electron chi connectivity index (χ1n) is 13.9. The van der Waals surface area contributed by atoms with Crippen molar-refractivity contribution in [3.8, 4) is 16.8 Å². The molecular formula is C36H21N5. The van der Waals surface area contributed by atoms with Crippen molar-refractivity contribution in [2.24, 2.45) is 0 Å². The standard InChI is InChI=1S/C36H21N5/c1-2-8-22(9-3-1)40-30-12-5-4-10-24(30)27-18-21-19-28-23(26(21)20-32(27)40)14-15-25-33(28)36-39-29-11-6-17-38-35(29)41(36)31-13-7-16-37-34(25)31/h1-18,20H,19H2. The monoisotopic (exact) mass is 523 g/mol. The molecular weight excluding hydrogens is 502 g/mol. The van der Waals surface area contributed by atoms with Crippen LogP contribution < -0.4 is 0 Å². The lowest BCUT2D eigenvalue weighted by molar-refractivity contribution is 1.18. The Morgan fingerprint density at radius 3 is 2.37 bits per heavy atom. The summed E-state index contributed by atoms with van der Waals surface area (Å²) in [6.45, 7) is 0. The molecule has 10 rings (SSSR count). The Morgan fingerprint density at radius 2 is 1.41 bits per heavy atom. The van der Waals surface area contributed by atoms with Gasteiger partial charge in [0.2, 0.25) is 0 Å². The van der Waals surface area contributed by atoms with Crippen LogP contribution in [-0.4, -0.2) is 23.9 Å². The van der Waals surface area contributed by atoms with Gasteiger partial charge in [-0.3, -0.25) is 9.38 Å². The van der Waals surface area contributed by atoms with E-state index in [4.69, 9.17) is 15.0 Å². The molecule has 1 aliphatic carbocycles. The zero-order valence-electron chi connectivity index (χ0n) is 21.9. The van der Waals surface area contributed by atoms with Gasteiger partial charge in [-0.05, 0) is 83.3 Å². The van der Waals surface area contributed by atoms with Gasteiger partial charge in [-0.1, -0.05) is 48.5 Å². The van der Waals surface area contributed by atoms with Crippen LogP contribution in [0.25, 0.3) is 77.2 Å². The van der Waals surface area contributed by atoms with Crippen molar-refractivity contribution in [1.29, 1.82) is 0 Å². The van der Waals surface area contributed by atoms with Crippen LogP contribution in [0.5, 0.6) is 0 Å². The highest BCUT2D eigenvalue weighted by Gasteiger charge is 2.27. The van der Waals surface area contributed by atoms with Crippen molar-refractivity contribution in [1.82, 2.24) is 23.9 Å². The highest BCUT2D eigenvalue weighted by atomic mass is 15.1. The Hall–Kier alpha value is -5.55. The highest BCUT2D eigenvalue weighted by Crippen LogP contribution is 2.46. The van der Waals surface area contributed by atoms with Crippen molar-refractivity contribution < 1.29 is 0 Å². The van der Waals surface area contributed by atoms with E-state index in [2.05, 4.69) is 93.9 Å². The van der Waals surface area contributed by atoms with Crippen molar-refractivity contribution in [3.05, 3.63) is 127 Å². The van der Waals surface area contributed by atoms with Gasteiger partial charge in [-0.15, -0.1) is 0 Å². The first-order chi connectivity index (χ1) is 20.3. The number of imidazole rings is 1. The van der Waals surface area contributed by atoms with Crippen LogP contribution in [0.15, 0.2) is 116 Å². The first-order valence-corrected chi connectivity index (χ1v) is 13.9. The number of hydrogen-bond donors (Lipinski definition) is 0. The Bertz CT molecular complexity index is 2550. The summed E-state index contributed by atoms with van der Waals surface area (Å²) in [6.07, 6.45) is 4.57. The van der Waals surface area contributed by atoms with E-state index in [-0.39, 0.29) is 0 Å². The van der Waals surface area contributed by atoms with Gasteiger partial charge in [-0.2, -0.15) is 0 Å². The molecule has 5 heterocycles. The quantitative estimate of drug-likeness (QED) is 0.204. The van der Waals surface area contributed by atoms with Gasteiger partial charge in [0.25, 0.3) is 0 Å². The summed E-state index contributed by atoms with van der Waals surface area (Å²) in [4.78, 5) is 14.7. The van der Waals surface area contributed by atoms with Gasteiger partial charge in [0.05, 0.1) is 22.1 Å². The van der Waals surface area contributed by atoms with Crippen molar-refractivity contribution in [2.75, 3.05) is 0 Å². The molecule has 0 unspecified atom stereocenters. The zero-order valence-corrected chi connectivity index (χ0v) is 21.9. The molecule has 0 saturated carbocycles. The summed E-state index contributed by atoms with van der Waals surface area (Å²) in [6, 6.07) is 36.8. The van der Waals surface area contributed by atoms with Crippen molar-refractivity contribution in [3.63, 3.8) is 0 Å². The number of fused-ring (bicyclic) bond motifs is 15. The summed E-state index contributed by atoms with van der Waals surface area (Å²) in [7, 11) is 0. The third-order valence-electron chi connectivity index (χ3n) is 8.80. The zero-order chi connectivity index (χ0) is 26.7. The largest absolute Gasteiger partial charge is 0.309 e. The molecule has 4 aromatic carbocycles. The molecule has 0 fully saturated rings. The van der Waals surface area contributed by atoms with E-state index in [1.54, 1.807) is 0 Å². The fraction of sp³-hybridized carbons (Fsp3) is 0.0278. The van der Waals surface area contributed by atoms with Gasteiger partial charge in [0.15, 0.2) is 5.65 Å². The molecule has 0 bridgehead atoms. The number of aromatic nitrogens is 5. The molecule has 1 aliphatic rings. The minimum Gasteiger partial charge on any atom is -0.309 e. The Labute approximate surface area is 234 Å². The summed E-state index contributed by atoms with van der Waals surface area (Å²) < 4.78 is 4.59. The van der Waals surface area contributed by atoms with Gasteiger partial charge < -0.3 is 4.57 Å². The summed E-state index contributed by atoms with van der Waals surface area (Å²) in [5, 5.41) is 4.87. The lowest BCUT2D eigenvalue weighted by Gasteiger charge is -2.11. The molecule has 190 valence electrons. The number of pyridine rings is 3. The smallest absolute Gasteiger partial charge is 0.165 e. The first kappa shape index (κ1) is 21.3. The van der Waals surface area contributed by atoms with Crippen LogP contribution in [0, 0.1) is 0 Å². The van der Waals surface area contributed by atoms with Gasteiger partial charge in [0, 0.05) is 39.6 Å². The number of benzene rings is 4. The molecule has 5 aromatic heterocycles. The molecule has 0 amide bonds. The van der Waals surface area contributed by atoms with Crippen LogP contribution in [0.1, 0.15) is 11.1 Å². The van der Waals surface area contributed by atoms with E-state index in [9.17, 15) is 0 Å². The molecule has 0 spiro atoms. The van der Waals surface area contributed by atoms with E-state index in [1.807, 2.05) is 30.6 Å². The fourth-order valence-electron chi connectivity index (χ4n) is 7.13. The average Bonchev–Trinajstić information content (AvgIpc) is 3.69. The maximum Gasteiger partial charge on any atom is 0.165 e. The molecule has 0 saturated heterocycles. The van der Waals surface area contributed by atoms with Crippen LogP contribution in [0.3, 0.4) is 0 Å². The van der Waals surface area contributed by atoms with E-state index < -0.39 is 0 Å². The SMILES string of the molecule is c1ccc(-n2c3ccccc3c3cc4c(cc32)-c2ccc3c5ncccc5n5c6ncccc6nc5c3c2C4)cc1. The summed E-state index contributed by atoms with van der Waals surface area (Å²) in [5.41, 5.74) is 13.6. The second kappa shape index (κ2) is 7.55. The summed E-state index contributed by atoms with van der Waals surface area (Å²) in [5.74, 6) is 0. The lowest BCUT2D eigenvalue weighted by Crippen LogP contribution is -1.96. The minimum absolute atomic E-state index is 0.855. The minimum atomic E-state index is 0.855. The Kier molecular flexibility index (Phi) is 3.92. The second-order valence-electron chi connectivity index (χ2n) is 10.9. The Balaban J connectivity index is 1.34. The molecule has 5 nitrogen and oxygen atoms in total. The maximum absolute atomic E-state index is 5.14. The van der Waals surface area contributed by atoms with Crippen LogP contribution in [-0.2, 0) is 6.42 Å². The van der Waals surface area contributed by atoms with E-state index in [0.717, 1.165) is 39.7 Å². The van der Waals surface area contributed by atoms with E-state index >= 15 is 0 Å². The van der Waals surface area contributed by atoms with E-state index in [0.29, 0.717) is 0 Å². The molecule has 9 aromatic rings. The van der Waals surface area contributed by atoms with Gasteiger partial charge >= 0.3 is 0 Å². The molecule has 41 heavy (non-hydrogen) atoms. The van der Waals surface area contributed by atoms with Crippen molar-refractivity contribution in [2.45, 2.75) is 6.42 Å². The topological polar surface area (TPSA) is 48.0 Å². The number of hydrogen-bond acceptors (Lipinski definition) is 3. The van der Waals surface area contributed by atoms with Crippen molar-refractivity contribution >= 4 is 60.4 Å². The van der Waals surface area contributed by atoms with Gasteiger partial charge in [0.1, 0.15) is 11.2 Å². The lowest BCUT2D eigenvalue weighted by atomic mass is 9.98. The average molecular weight is 524 g/mol. The highest BCUT2D eigenvalue weighted by molar-refractivity contribution is 6.16.